The van der Waals surface area contributed by atoms with Gasteiger partial charge in [0, 0.05) is 11.3 Å². The van der Waals surface area contributed by atoms with Crippen molar-refractivity contribution >= 4 is 23.5 Å². The van der Waals surface area contributed by atoms with Gasteiger partial charge in [-0.2, -0.15) is 0 Å². The van der Waals surface area contributed by atoms with Gasteiger partial charge < -0.3 is 15.8 Å². The molecule has 0 unspecified atom stereocenters. The van der Waals surface area contributed by atoms with Gasteiger partial charge in [0.05, 0.1) is 5.92 Å². The smallest absolute Gasteiger partial charge is 0.314 e. The van der Waals surface area contributed by atoms with E-state index < -0.39 is 23.7 Å². The molecule has 2 aromatic rings. The van der Waals surface area contributed by atoms with E-state index in [1.165, 1.54) is 12.1 Å². The summed E-state index contributed by atoms with van der Waals surface area (Å²) in [6.07, 6.45) is 0.813. The zero-order valence-electron chi connectivity index (χ0n) is 15.5. The molecule has 0 aromatic heterocycles. The molecule has 27 heavy (non-hydrogen) atoms. The van der Waals surface area contributed by atoms with Gasteiger partial charge in [0.2, 0.25) is 5.91 Å². The number of hydrogen-bond donors (Lipinski definition) is 2. The van der Waals surface area contributed by atoms with Gasteiger partial charge in [0.25, 0.3) is 5.91 Å². The summed E-state index contributed by atoms with van der Waals surface area (Å²) in [7, 11) is 0. The normalized spacial score (nSPS) is 12.7. The van der Waals surface area contributed by atoms with Crippen molar-refractivity contribution in [1.82, 2.24) is 0 Å². The first-order valence-corrected chi connectivity index (χ1v) is 8.83. The Hall–Kier alpha value is -3.15. The molecule has 0 fully saturated rings. The Kier molecular flexibility index (Phi) is 7.11. The van der Waals surface area contributed by atoms with Crippen molar-refractivity contribution in [3.63, 3.8) is 0 Å². The fraction of sp³-hybridized carbons (Fsp3) is 0.286. The van der Waals surface area contributed by atoms with Crippen molar-refractivity contribution in [3.8, 4) is 0 Å². The number of carbonyl (C=O) groups excluding carboxylic acids is 3. The molecule has 3 N–H and O–H groups in total. The number of rotatable bonds is 8. The highest BCUT2D eigenvalue weighted by Gasteiger charge is 2.27. The van der Waals surface area contributed by atoms with Gasteiger partial charge in [0.15, 0.2) is 6.61 Å². The number of nitrogens with one attached hydrogen (secondary N) is 1. The second-order valence-corrected chi connectivity index (χ2v) is 6.37. The summed E-state index contributed by atoms with van der Waals surface area (Å²) in [6.45, 7) is 3.62. The molecule has 142 valence electrons. The van der Waals surface area contributed by atoms with Crippen molar-refractivity contribution in [2.75, 3.05) is 11.9 Å². The lowest BCUT2D eigenvalue weighted by atomic mass is 9.86. The molecule has 0 spiro atoms. The Labute approximate surface area is 158 Å². The molecular weight excluding hydrogens is 344 g/mol. The second-order valence-electron chi connectivity index (χ2n) is 6.37. The lowest BCUT2D eigenvalue weighted by Crippen LogP contribution is -2.27. The molecule has 0 radical (unpaired) electrons. The molecule has 0 bridgehead atoms. The monoisotopic (exact) mass is 368 g/mol. The number of hydrogen-bond acceptors (Lipinski definition) is 4. The maximum Gasteiger partial charge on any atom is 0.314 e. The Balaban J connectivity index is 1.95. The van der Waals surface area contributed by atoms with E-state index in [1.807, 2.05) is 44.2 Å². The summed E-state index contributed by atoms with van der Waals surface area (Å²) in [5.74, 6) is -1.75. The topological polar surface area (TPSA) is 98.5 Å². The van der Waals surface area contributed by atoms with Gasteiger partial charge in [-0.3, -0.25) is 14.4 Å². The van der Waals surface area contributed by atoms with Crippen LogP contribution in [0, 0.1) is 5.92 Å². The summed E-state index contributed by atoms with van der Waals surface area (Å²) in [5, 5.41) is 2.62. The molecule has 0 aliphatic rings. The predicted octanol–water partition coefficient (Wildman–Crippen LogP) is 3.10. The number of ether oxygens (including phenoxy) is 1. The number of nitrogens with two attached hydrogens (primary N) is 1. The highest BCUT2D eigenvalue weighted by Crippen LogP contribution is 2.28. The zero-order valence-corrected chi connectivity index (χ0v) is 15.5. The lowest BCUT2D eigenvalue weighted by Gasteiger charge is -2.21. The van der Waals surface area contributed by atoms with Crippen LogP contribution in [0.5, 0.6) is 0 Å². The van der Waals surface area contributed by atoms with Crippen molar-refractivity contribution in [3.05, 3.63) is 65.7 Å². The zero-order chi connectivity index (χ0) is 19.8. The Bertz CT molecular complexity index is 788. The first-order valence-electron chi connectivity index (χ1n) is 8.83. The van der Waals surface area contributed by atoms with Crippen LogP contribution in [0.4, 0.5) is 5.69 Å². The van der Waals surface area contributed by atoms with Crippen molar-refractivity contribution in [2.24, 2.45) is 11.7 Å². The first kappa shape index (κ1) is 20.2. The van der Waals surface area contributed by atoms with Crippen LogP contribution in [-0.4, -0.2) is 24.4 Å². The quantitative estimate of drug-likeness (QED) is 0.700. The fourth-order valence-electron chi connectivity index (χ4n) is 2.73. The second kappa shape index (κ2) is 9.52. The Morgan fingerprint density at radius 3 is 2.22 bits per heavy atom. The average molecular weight is 368 g/mol. The fourth-order valence-corrected chi connectivity index (χ4v) is 2.73. The van der Waals surface area contributed by atoms with Crippen molar-refractivity contribution in [2.45, 2.75) is 26.2 Å². The van der Waals surface area contributed by atoms with Crippen LogP contribution in [0.1, 0.15) is 42.1 Å². The lowest BCUT2D eigenvalue weighted by molar-refractivity contribution is -0.150. The maximum atomic E-state index is 12.6. The summed E-state index contributed by atoms with van der Waals surface area (Å²) in [6, 6.07) is 15.6. The summed E-state index contributed by atoms with van der Waals surface area (Å²) in [5.41, 5.74) is 6.88. The molecule has 2 amide bonds. The van der Waals surface area contributed by atoms with E-state index in [0.29, 0.717) is 11.3 Å². The van der Waals surface area contributed by atoms with E-state index in [1.54, 1.807) is 12.1 Å². The number of carbonyl (C=O) groups is 3. The molecule has 2 rings (SSSR count). The van der Waals surface area contributed by atoms with Crippen LogP contribution in [0.25, 0.3) is 0 Å². The first-order chi connectivity index (χ1) is 12.9. The van der Waals surface area contributed by atoms with Crippen LogP contribution in [-0.2, 0) is 14.3 Å². The third-order valence-corrected chi connectivity index (χ3v) is 4.42. The van der Waals surface area contributed by atoms with E-state index in [0.717, 1.165) is 12.0 Å². The van der Waals surface area contributed by atoms with Crippen LogP contribution in [0.3, 0.4) is 0 Å². The van der Waals surface area contributed by atoms with Gasteiger partial charge >= 0.3 is 5.97 Å². The van der Waals surface area contributed by atoms with E-state index in [4.69, 9.17) is 10.5 Å². The molecule has 2 aromatic carbocycles. The molecule has 0 saturated carbocycles. The number of anilines is 1. The summed E-state index contributed by atoms with van der Waals surface area (Å²) in [4.78, 5) is 35.7. The van der Waals surface area contributed by atoms with Crippen LogP contribution >= 0.6 is 0 Å². The average Bonchev–Trinajstić information content (AvgIpc) is 2.67. The summed E-state index contributed by atoms with van der Waals surface area (Å²) >= 11 is 0. The van der Waals surface area contributed by atoms with Crippen LogP contribution in [0.15, 0.2) is 54.6 Å². The van der Waals surface area contributed by atoms with Gasteiger partial charge in [-0.05, 0) is 35.7 Å². The Morgan fingerprint density at radius 2 is 1.67 bits per heavy atom. The number of amides is 2. The predicted molar refractivity (Wildman–Crippen MR) is 103 cm³/mol. The molecule has 6 heteroatoms. The molecule has 0 saturated heterocycles. The molecular formula is C21H24N2O4. The summed E-state index contributed by atoms with van der Waals surface area (Å²) < 4.78 is 5.25. The van der Waals surface area contributed by atoms with Crippen molar-refractivity contribution in [1.29, 1.82) is 0 Å². The van der Waals surface area contributed by atoms with E-state index in [9.17, 15) is 14.4 Å². The number of primary amides is 1. The third kappa shape index (κ3) is 5.67. The highest BCUT2D eigenvalue weighted by atomic mass is 16.5. The molecule has 6 nitrogen and oxygen atoms in total. The van der Waals surface area contributed by atoms with E-state index in [-0.39, 0.29) is 12.5 Å². The standard InChI is InChI=1S/C21H24N2O4/c1-3-14(2)19(15-7-5-4-6-8-15)21(26)27-13-18(24)23-17-11-9-16(10-12-17)20(22)25/h4-12,14,19H,3,13H2,1-2H3,(H2,22,25)(H,23,24)/t14-,19-/m1/s1. The van der Waals surface area contributed by atoms with Crippen LogP contribution in [0.2, 0.25) is 0 Å². The largest absolute Gasteiger partial charge is 0.455 e. The number of benzene rings is 2. The van der Waals surface area contributed by atoms with E-state index in [2.05, 4.69) is 5.32 Å². The molecule has 0 aliphatic heterocycles. The van der Waals surface area contributed by atoms with Gasteiger partial charge in [0.1, 0.15) is 0 Å². The number of esters is 1. The minimum atomic E-state index is -0.543. The third-order valence-electron chi connectivity index (χ3n) is 4.42. The maximum absolute atomic E-state index is 12.6. The SMILES string of the molecule is CC[C@@H](C)[C@@H](C(=O)OCC(=O)Nc1ccc(C(N)=O)cc1)c1ccccc1. The molecule has 0 aliphatic carbocycles. The minimum absolute atomic E-state index is 0.0873. The van der Waals surface area contributed by atoms with Gasteiger partial charge in [-0.15, -0.1) is 0 Å². The van der Waals surface area contributed by atoms with Crippen molar-refractivity contribution < 1.29 is 19.1 Å². The Morgan fingerprint density at radius 1 is 1.04 bits per heavy atom. The molecule has 0 heterocycles. The van der Waals surface area contributed by atoms with Gasteiger partial charge in [-0.25, -0.2) is 0 Å². The van der Waals surface area contributed by atoms with Gasteiger partial charge in [-0.1, -0.05) is 50.6 Å². The minimum Gasteiger partial charge on any atom is -0.455 e. The highest BCUT2D eigenvalue weighted by molar-refractivity contribution is 5.95. The van der Waals surface area contributed by atoms with Crippen LogP contribution < -0.4 is 11.1 Å². The van der Waals surface area contributed by atoms with E-state index >= 15 is 0 Å². The molecule has 2 atom stereocenters.